The Morgan fingerprint density at radius 1 is 0.395 bits per heavy atom. The van der Waals surface area contributed by atoms with Crippen LogP contribution in [0.25, 0.3) is 88.2 Å². The van der Waals surface area contributed by atoms with Crippen molar-refractivity contribution in [1.29, 1.82) is 0 Å². The summed E-state index contributed by atoms with van der Waals surface area (Å²) in [5.74, 6) is -0.323. The maximum atomic E-state index is 14.4. The van der Waals surface area contributed by atoms with Gasteiger partial charge in [0, 0.05) is 142 Å². The van der Waals surface area contributed by atoms with Crippen LogP contribution in [0.4, 0.5) is 4.39 Å². The Bertz CT molecular complexity index is 6090. The van der Waals surface area contributed by atoms with Gasteiger partial charge >= 0.3 is 0 Å². The summed E-state index contributed by atoms with van der Waals surface area (Å²) in [5, 5.41) is 48.8. The van der Waals surface area contributed by atoms with Gasteiger partial charge in [0.05, 0.1) is 64.6 Å². The van der Waals surface area contributed by atoms with E-state index in [1.165, 1.54) is 30.2 Å². The van der Waals surface area contributed by atoms with Gasteiger partial charge in [-0.15, -0.1) is 45.3 Å². The summed E-state index contributed by atoms with van der Waals surface area (Å²) in [5.41, 5.74) is 6.46. The maximum Gasteiger partial charge on any atom is 0.246 e. The Labute approximate surface area is 877 Å². The lowest BCUT2D eigenvalue weighted by Crippen LogP contribution is -2.56. The highest BCUT2D eigenvalue weighted by molar-refractivity contribution is 7.11. The quantitative estimate of drug-likeness (QED) is 0.0239. The smallest absolute Gasteiger partial charge is 0.246 e. The SMILES string of the molecule is CC[C@@H](C)C(=O)N[C@H](C(=O)N1CCC[C@H]1c1nc(-c2cncc3ccccc23)cs1)C1CCCCC1.CC[C@@H](C)C(=O)N[C@H](C(=O)N1CCC[C@H]1c1nc(-c2cncc3ccccc23)cs1)C1CCOCC1.CN[C@@H](C)C(=O)N[C@H](C(=O)N1CCC[C@H]1c1nc(-c2ccc(F)c3ccccc23)cs1)C1CCC(C)(O)CC1.CN[C@@H](C)C(=O)N[C@H](C(=O)N1CCC[C@H]1c1nc(-c2nccc3ccccc23)cs1)C1CCCCC1. The highest BCUT2D eigenvalue weighted by Gasteiger charge is 2.47. The summed E-state index contributed by atoms with van der Waals surface area (Å²) in [6.07, 6.45) is 33.0. The fourth-order valence-corrected chi connectivity index (χ4v) is 26.3. The minimum absolute atomic E-state index is 0.00263. The molecule has 32 heteroatoms. The summed E-state index contributed by atoms with van der Waals surface area (Å²) in [7, 11) is 3.49. The summed E-state index contributed by atoms with van der Waals surface area (Å²) in [6, 6.07) is 34.1. The first-order valence-electron chi connectivity index (χ1n) is 53.5. The van der Waals surface area contributed by atoms with Crippen LogP contribution in [0.15, 0.2) is 168 Å². The number of benzene rings is 5. The first-order chi connectivity index (χ1) is 71.4. The average molecular weight is 2070 g/mol. The number of nitrogens with one attached hydrogen (secondary N) is 6. The van der Waals surface area contributed by atoms with Gasteiger partial charge in [-0.2, -0.15) is 0 Å². The van der Waals surface area contributed by atoms with E-state index >= 15 is 0 Å². The second-order valence-electron chi connectivity index (χ2n) is 41.5. The van der Waals surface area contributed by atoms with Crippen LogP contribution in [0.5, 0.6) is 0 Å². The monoisotopic (exact) mass is 2070 g/mol. The number of thiazole rings is 4. The zero-order valence-corrected chi connectivity index (χ0v) is 89.3. The van der Waals surface area contributed by atoms with Gasteiger partial charge in [0.25, 0.3) is 0 Å². The van der Waals surface area contributed by atoms with Crippen LogP contribution in [0.2, 0.25) is 0 Å². The summed E-state index contributed by atoms with van der Waals surface area (Å²) in [4.78, 5) is 149. The topological polar surface area (TPSA) is 341 Å². The molecule has 0 spiro atoms. The summed E-state index contributed by atoms with van der Waals surface area (Å²) >= 11 is 6.34. The lowest BCUT2D eigenvalue weighted by molar-refractivity contribution is -0.140. The predicted octanol–water partition coefficient (Wildman–Crippen LogP) is 20.6. The van der Waals surface area contributed by atoms with Crippen LogP contribution in [-0.2, 0) is 43.1 Å². The molecule has 20 rings (SSSR count). The molecular formula is C115H142FN17O10S4. The third kappa shape index (κ3) is 25.0. The number of amides is 8. The Hall–Kier alpha value is -11.4. The molecule has 12 atom stereocenters. The van der Waals surface area contributed by atoms with Gasteiger partial charge in [-0.3, -0.25) is 53.3 Å². The molecule has 0 radical (unpaired) electrons. The van der Waals surface area contributed by atoms with Crippen LogP contribution in [-0.4, -0.2) is 202 Å². The molecule has 27 nitrogen and oxygen atoms in total. The van der Waals surface area contributed by atoms with Crippen molar-refractivity contribution in [3.05, 3.63) is 194 Å². The number of ether oxygens (including phenoxy) is 1. The molecule has 8 fully saturated rings. The van der Waals surface area contributed by atoms with E-state index in [4.69, 9.17) is 24.7 Å². The van der Waals surface area contributed by atoms with Crippen LogP contribution < -0.4 is 31.9 Å². The molecule has 7 aromatic heterocycles. The van der Waals surface area contributed by atoms with Gasteiger partial charge in [-0.25, -0.2) is 24.3 Å². The number of pyridine rings is 3. The van der Waals surface area contributed by atoms with Gasteiger partial charge in [0.2, 0.25) is 47.3 Å². The molecular weight excluding hydrogens is 1930 g/mol. The van der Waals surface area contributed by atoms with Crippen LogP contribution in [0.3, 0.4) is 0 Å². The molecule has 5 aromatic carbocycles. The van der Waals surface area contributed by atoms with Gasteiger partial charge < -0.3 is 61.3 Å². The number of carbonyl (C=O) groups is 8. The molecule has 3 aliphatic carbocycles. The van der Waals surface area contributed by atoms with Crippen LogP contribution >= 0.6 is 45.3 Å². The number of aliphatic hydroxyl groups is 1. The van der Waals surface area contributed by atoms with Crippen molar-refractivity contribution >= 4 is 136 Å². The second-order valence-corrected chi connectivity index (χ2v) is 45.1. The number of likely N-dealkylation sites (N-methyl/N-ethyl adjacent to an activating group) is 2. The number of hydrogen-bond acceptors (Lipinski definition) is 23. The number of hydrogen-bond donors (Lipinski definition) is 7. The molecule has 8 amide bonds. The third-order valence-electron chi connectivity index (χ3n) is 31.9. The molecule has 8 aliphatic rings. The number of rotatable bonds is 28. The molecule has 12 aromatic rings. The first kappa shape index (κ1) is 107. The molecule has 3 saturated carbocycles. The van der Waals surface area contributed by atoms with E-state index in [1.807, 2.05) is 158 Å². The first-order valence-corrected chi connectivity index (χ1v) is 57.0. The number of likely N-dealkylation sites (tertiary alicyclic amines) is 4. The number of aromatic nitrogens is 7. The minimum Gasteiger partial charge on any atom is -0.390 e. The highest BCUT2D eigenvalue weighted by atomic mass is 32.1. The number of carbonyl (C=O) groups excluding carboxylic acids is 8. The fourth-order valence-electron chi connectivity index (χ4n) is 22.4. The molecule has 7 N–H and O–H groups in total. The van der Waals surface area contributed by atoms with E-state index in [0.29, 0.717) is 63.9 Å². The van der Waals surface area contributed by atoms with Gasteiger partial charge in [0.1, 0.15) is 55.7 Å². The van der Waals surface area contributed by atoms with Crippen LogP contribution in [0, 0.1) is 41.3 Å². The summed E-state index contributed by atoms with van der Waals surface area (Å²) < 4.78 is 19.9. The predicted molar refractivity (Wildman–Crippen MR) is 581 cm³/mol. The summed E-state index contributed by atoms with van der Waals surface area (Å²) in [6.45, 7) is 17.3. The highest BCUT2D eigenvalue weighted by Crippen LogP contribution is 2.46. The minimum atomic E-state index is -0.732. The molecule has 12 heterocycles. The largest absolute Gasteiger partial charge is 0.390 e. The van der Waals surface area contributed by atoms with E-state index in [1.54, 1.807) is 67.2 Å². The van der Waals surface area contributed by atoms with E-state index in [0.717, 1.165) is 238 Å². The van der Waals surface area contributed by atoms with Gasteiger partial charge in [-0.1, -0.05) is 163 Å². The molecule has 778 valence electrons. The van der Waals surface area contributed by atoms with Crippen molar-refractivity contribution in [2.75, 3.05) is 53.5 Å². The Balaban J connectivity index is 0.000000134. The lowest BCUT2D eigenvalue weighted by Gasteiger charge is -2.39. The third-order valence-corrected chi connectivity index (χ3v) is 35.7. The number of nitrogens with zero attached hydrogens (tertiary/aromatic N) is 11. The van der Waals surface area contributed by atoms with Gasteiger partial charge in [0.15, 0.2) is 0 Å². The molecule has 0 unspecified atom stereocenters. The average Bonchev–Trinajstić information content (AvgIpc) is 1.49. The van der Waals surface area contributed by atoms with E-state index in [9.17, 15) is 47.9 Å². The van der Waals surface area contributed by atoms with Crippen molar-refractivity contribution in [2.45, 2.75) is 281 Å². The van der Waals surface area contributed by atoms with Crippen molar-refractivity contribution < 1.29 is 52.6 Å². The van der Waals surface area contributed by atoms with Crippen molar-refractivity contribution in [3.63, 3.8) is 0 Å². The molecule has 147 heavy (non-hydrogen) atoms. The zero-order valence-electron chi connectivity index (χ0n) is 86.1. The second kappa shape index (κ2) is 49.8. The van der Waals surface area contributed by atoms with Crippen molar-refractivity contribution in [1.82, 2.24) is 86.4 Å². The number of halogens is 1. The van der Waals surface area contributed by atoms with E-state index in [-0.39, 0.29) is 119 Å². The number of fused-ring (bicyclic) bond motifs is 4. The Kier molecular flexibility index (Phi) is 36.3. The van der Waals surface area contributed by atoms with E-state index < -0.39 is 35.8 Å². The Morgan fingerprint density at radius 3 is 1.15 bits per heavy atom. The van der Waals surface area contributed by atoms with E-state index in [2.05, 4.69) is 99.4 Å². The molecule has 0 bridgehead atoms. The van der Waals surface area contributed by atoms with Crippen molar-refractivity contribution in [3.8, 4) is 45.2 Å². The van der Waals surface area contributed by atoms with Crippen molar-refractivity contribution in [2.24, 2.45) is 35.5 Å². The normalized spacial score (nSPS) is 21.6. The molecule has 5 saturated heterocycles. The standard InChI is InChI=1S/C30H37FN4O3S.C29H36N4O2S.C28H35N5O2S.C28H34N4O3S/c1-18(32-3)27(36)34-26(19-12-14-30(2,38)15-13-19)29(37)35-16-6-9-25(35)28-33-24(17-39-28)22-10-11-23(31)21-8-5-4-7-20(21)22;1-3-19(2)27(34)32-26(20-10-5-4-6-11-20)29(35)33-15-9-14-25(33)28-31-24(18-36-28)23-17-30-16-21-12-7-8-13-22(21)23;1-18(29-2)26(34)32-24(20-10-4-3-5-11-20)28(35)33-16-8-13-23(33)27-31-22(17-36-27)25-21-12-7-6-9-19(21)14-15-30-25;1-3-18(2)26(33)31-25(19-10-13-35-14-11-19)28(34)32-12-6-9-24(32)27-30-23(17-36-27)22-16-29-15-20-7-4-5-8-21(20)22/h4-5,7-8,10-11,17-19,25-26,32,38H,6,9,12-16H2,1-3H3,(H,34,36);7-8,12-13,16-20,25-26H,3-6,9-11,14-15H2,1-2H3,(H,32,34);6-7,9,12,14-15,17-18,20,23-24,29H,3-5,8,10-11,13,16H2,1-2H3,(H,32,34);4-5,7-8,15-19,24-25H,3,6,9-14H2,1-2H3,(H,31,33)/t18-,19?,25-,26-,30?;19-,25+,26+;18-,23-,24-;18-,24+,25+/m0101/s1. The van der Waals surface area contributed by atoms with Crippen LogP contribution in [0.1, 0.15) is 260 Å². The zero-order chi connectivity index (χ0) is 103. The maximum absolute atomic E-state index is 14.4. The molecule has 5 aliphatic heterocycles. The lowest BCUT2D eigenvalue weighted by atomic mass is 9.76. The van der Waals surface area contributed by atoms with Gasteiger partial charge in [-0.05, 0) is 227 Å². The fraction of sp³-hybridized carbons (Fsp3) is 0.504. The Morgan fingerprint density at radius 2 is 0.741 bits per heavy atom.